The van der Waals surface area contributed by atoms with E-state index in [9.17, 15) is 14.4 Å². The quantitative estimate of drug-likeness (QED) is 0.311. The first kappa shape index (κ1) is 28.6. The predicted molar refractivity (Wildman–Crippen MR) is 166 cm³/mol. The summed E-state index contributed by atoms with van der Waals surface area (Å²) in [6.45, 7) is 0.204. The number of hydrogen-bond donors (Lipinski definition) is 2. The maximum atomic E-state index is 14.2. The summed E-state index contributed by atoms with van der Waals surface area (Å²) in [5.74, 6) is -1.08. The number of para-hydroxylation sites is 1. The Morgan fingerprint density at radius 3 is 2.34 bits per heavy atom. The van der Waals surface area contributed by atoms with Gasteiger partial charge in [0.1, 0.15) is 23.1 Å². The van der Waals surface area contributed by atoms with Crippen LogP contribution in [0, 0.1) is 11.8 Å². The molecule has 9 heteroatoms. The van der Waals surface area contributed by atoms with E-state index in [-0.39, 0.29) is 30.3 Å². The van der Waals surface area contributed by atoms with Crippen LogP contribution in [0.15, 0.2) is 91.0 Å². The van der Waals surface area contributed by atoms with Crippen molar-refractivity contribution < 1.29 is 23.9 Å². The number of fused-ring (bicyclic) bond motifs is 1. The number of nitrogens with one attached hydrogen (secondary N) is 2. The number of carbonyl (C=O) groups is 3. The lowest BCUT2D eigenvalue weighted by atomic mass is 9.74. The molecule has 8 nitrogen and oxygen atoms in total. The molecule has 0 unspecified atom stereocenters. The lowest BCUT2D eigenvalue weighted by Gasteiger charge is -2.34. The Balaban J connectivity index is 1.13. The van der Waals surface area contributed by atoms with Gasteiger partial charge in [-0.05, 0) is 66.9 Å². The van der Waals surface area contributed by atoms with Crippen LogP contribution in [0.4, 0.5) is 5.69 Å². The molecule has 226 valence electrons. The van der Waals surface area contributed by atoms with Crippen LogP contribution in [0.5, 0.6) is 11.5 Å². The highest BCUT2D eigenvalue weighted by molar-refractivity contribution is 6.30. The fourth-order valence-corrected chi connectivity index (χ4v) is 7.33. The van der Waals surface area contributed by atoms with Crippen LogP contribution in [0.3, 0.4) is 0 Å². The van der Waals surface area contributed by atoms with E-state index in [1.54, 1.807) is 41.3 Å². The van der Waals surface area contributed by atoms with E-state index in [0.717, 1.165) is 37.7 Å². The zero-order chi connectivity index (χ0) is 30.3. The summed E-state index contributed by atoms with van der Waals surface area (Å²) < 4.78 is 12.4. The number of benzene rings is 3. The van der Waals surface area contributed by atoms with Gasteiger partial charge in [-0.25, -0.2) is 0 Å². The third-order valence-corrected chi connectivity index (χ3v) is 9.50. The number of amides is 3. The number of carbonyl (C=O) groups excluding carboxylic acids is 3. The molecule has 1 saturated carbocycles. The Bertz CT molecular complexity index is 1570. The van der Waals surface area contributed by atoms with E-state index < -0.39 is 29.6 Å². The van der Waals surface area contributed by atoms with Crippen LogP contribution in [0.2, 0.25) is 5.02 Å². The first-order valence-electron chi connectivity index (χ1n) is 15.3. The first-order chi connectivity index (χ1) is 21.4. The molecule has 2 bridgehead atoms. The van der Waals surface area contributed by atoms with Crippen molar-refractivity contribution in [3.05, 3.63) is 102 Å². The molecule has 3 aliphatic heterocycles. The number of hydrogen-bond acceptors (Lipinski definition) is 5. The maximum Gasteiger partial charge on any atom is 0.246 e. The monoisotopic (exact) mass is 611 g/mol. The smallest absolute Gasteiger partial charge is 0.246 e. The molecule has 1 aliphatic carbocycles. The molecule has 44 heavy (non-hydrogen) atoms. The fourth-order valence-electron chi connectivity index (χ4n) is 7.21. The van der Waals surface area contributed by atoms with Gasteiger partial charge < -0.3 is 25.0 Å². The van der Waals surface area contributed by atoms with E-state index in [0.29, 0.717) is 22.2 Å². The number of nitrogens with zero attached hydrogens (tertiary/aromatic N) is 1. The number of rotatable bonds is 8. The molecular weight excluding hydrogens is 578 g/mol. The van der Waals surface area contributed by atoms with E-state index in [1.807, 2.05) is 54.6 Å². The van der Waals surface area contributed by atoms with Gasteiger partial charge in [0.25, 0.3) is 0 Å². The minimum Gasteiger partial charge on any atom is -0.457 e. The van der Waals surface area contributed by atoms with Crippen molar-refractivity contribution >= 4 is 35.0 Å². The number of halogens is 1. The SMILES string of the molecule is O=C(Nc1ccc(Oc2ccccc2)cc1)[C@@H]1[C@H]2C=C[C@]3(O2)[C@H](C(=O)NC2CCCCC2)N(Cc2ccc(Cl)cc2)C(=O)[C@@H]13. The summed E-state index contributed by atoms with van der Waals surface area (Å²) in [6, 6.07) is 22.9. The Morgan fingerprint density at radius 2 is 1.61 bits per heavy atom. The Hall–Kier alpha value is -4.14. The number of likely N-dealkylation sites (tertiary alicyclic amines) is 1. The second-order valence-corrected chi connectivity index (χ2v) is 12.5. The standard InChI is InChI=1S/C35H34ClN3O5/c36-23-13-11-22(12-14-23)21-39-31(33(41)38-24-7-3-1-4-8-24)35-20-19-28(44-35)29(30(35)34(39)42)32(40)37-25-15-17-27(18-16-25)43-26-9-5-2-6-10-26/h2,5-6,9-20,24,28-31H,1,3-4,7-8,21H2,(H,37,40)(H,38,41)/t28-,29-,30-,31+,35-/m1/s1. The van der Waals surface area contributed by atoms with Crippen molar-refractivity contribution in [1.82, 2.24) is 10.2 Å². The van der Waals surface area contributed by atoms with Gasteiger partial charge in [0.15, 0.2) is 0 Å². The summed E-state index contributed by atoms with van der Waals surface area (Å²) in [6.07, 6.45) is 8.19. The second kappa shape index (κ2) is 11.7. The van der Waals surface area contributed by atoms with Gasteiger partial charge in [0.05, 0.1) is 17.9 Å². The maximum absolute atomic E-state index is 14.2. The van der Waals surface area contributed by atoms with E-state index in [2.05, 4.69) is 10.6 Å². The normalized spacial score (nSPS) is 27.3. The summed E-state index contributed by atoms with van der Waals surface area (Å²) in [5, 5.41) is 6.79. The number of ether oxygens (including phenoxy) is 2. The van der Waals surface area contributed by atoms with Crippen molar-refractivity contribution in [3.63, 3.8) is 0 Å². The highest BCUT2D eigenvalue weighted by atomic mass is 35.5. The Labute approximate surface area is 261 Å². The van der Waals surface area contributed by atoms with Crippen molar-refractivity contribution in [2.75, 3.05) is 5.32 Å². The lowest BCUT2D eigenvalue weighted by Crippen LogP contribution is -2.56. The Kier molecular flexibility index (Phi) is 7.64. The van der Waals surface area contributed by atoms with Crippen LogP contribution >= 0.6 is 11.6 Å². The molecule has 3 heterocycles. The first-order valence-corrected chi connectivity index (χ1v) is 15.7. The third-order valence-electron chi connectivity index (χ3n) is 9.24. The summed E-state index contributed by atoms with van der Waals surface area (Å²) in [5.41, 5.74) is 0.195. The van der Waals surface area contributed by atoms with Crippen LogP contribution in [0.1, 0.15) is 37.7 Å². The van der Waals surface area contributed by atoms with Gasteiger partial charge >= 0.3 is 0 Å². The van der Waals surface area contributed by atoms with Crippen LogP contribution in [-0.2, 0) is 25.7 Å². The molecule has 0 aromatic heterocycles. The highest BCUT2D eigenvalue weighted by Crippen LogP contribution is 2.55. The van der Waals surface area contributed by atoms with Crippen molar-refractivity contribution in [2.24, 2.45) is 11.8 Å². The van der Waals surface area contributed by atoms with Crippen molar-refractivity contribution in [1.29, 1.82) is 0 Å². The van der Waals surface area contributed by atoms with Crippen LogP contribution in [0.25, 0.3) is 0 Å². The van der Waals surface area contributed by atoms with Gasteiger partial charge in [-0.15, -0.1) is 0 Å². The second-order valence-electron chi connectivity index (χ2n) is 12.1. The van der Waals surface area contributed by atoms with Crippen molar-refractivity contribution in [2.45, 2.75) is 62.4 Å². The molecule has 2 saturated heterocycles. The summed E-state index contributed by atoms with van der Waals surface area (Å²) >= 11 is 6.11. The molecular formula is C35H34ClN3O5. The molecule has 3 aromatic rings. The highest BCUT2D eigenvalue weighted by Gasteiger charge is 2.72. The molecule has 1 spiro atoms. The van der Waals surface area contributed by atoms with E-state index in [4.69, 9.17) is 21.1 Å². The van der Waals surface area contributed by atoms with Crippen molar-refractivity contribution in [3.8, 4) is 11.5 Å². The summed E-state index contributed by atoms with van der Waals surface area (Å²) in [4.78, 5) is 43.7. The molecule has 3 aromatic carbocycles. The molecule has 5 atom stereocenters. The van der Waals surface area contributed by atoms with Gasteiger partial charge in [0.2, 0.25) is 17.7 Å². The average molecular weight is 612 g/mol. The van der Waals surface area contributed by atoms with Crippen LogP contribution in [-0.4, -0.2) is 46.4 Å². The molecule has 4 aliphatic rings. The minimum absolute atomic E-state index is 0.0645. The summed E-state index contributed by atoms with van der Waals surface area (Å²) in [7, 11) is 0. The van der Waals surface area contributed by atoms with E-state index in [1.165, 1.54) is 0 Å². The molecule has 7 rings (SSSR count). The average Bonchev–Trinajstić information content (AvgIpc) is 3.68. The predicted octanol–water partition coefficient (Wildman–Crippen LogP) is 5.87. The third kappa shape index (κ3) is 5.26. The molecule has 3 amide bonds. The topological polar surface area (TPSA) is 97.0 Å². The Morgan fingerprint density at radius 1 is 0.909 bits per heavy atom. The molecule has 2 N–H and O–H groups in total. The van der Waals surface area contributed by atoms with Gasteiger partial charge in [-0.3, -0.25) is 14.4 Å². The molecule has 0 radical (unpaired) electrons. The lowest BCUT2D eigenvalue weighted by molar-refractivity contribution is -0.142. The van der Waals surface area contributed by atoms with Gasteiger partial charge in [0, 0.05) is 23.3 Å². The fraction of sp³-hybridized carbons (Fsp3) is 0.343. The van der Waals surface area contributed by atoms with Gasteiger partial charge in [-0.2, -0.15) is 0 Å². The zero-order valence-corrected chi connectivity index (χ0v) is 24.9. The minimum atomic E-state index is -1.22. The largest absolute Gasteiger partial charge is 0.457 e. The van der Waals surface area contributed by atoms with E-state index >= 15 is 0 Å². The number of anilines is 1. The van der Waals surface area contributed by atoms with Gasteiger partial charge in [-0.1, -0.05) is 73.3 Å². The van der Waals surface area contributed by atoms with Crippen LogP contribution < -0.4 is 15.4 Å². The zero-order valence-electron chi connectivity index (χ0n) is 24.2. The molecule has 3 fully saturated rings.